The summed E-state index contributed by atoms with van der Waals surface area (Å²) < 4.78 is 31.2. The molecule has 0 atom stereocenters. The van der Waals surface area contributed by atoms with E-state index in [1.807, 2.05) is 0 Å². The summed E-state index contributed by atoms with van der Waals surface area (Å²) in [5, 5.41) is 3.17. The molecule has 0 bridgehead atoms. The number of sulfonamides is 1. The summed E-state index contributed by atoms with van der Waals surface area (Å²) in [5.74, 6) is -0.556. The van der Waals surface area contributed by atoms with E-state index in [0.29, 0.717) is 19.6 Å². The fourth-order valence-electron chi connectivity index (χ4n) is 2.16. The van der Waals surface area contributed by atoms with E-state index in [1.165, 1.54) is 29.6 Å². The Morgan fingerprint density at radius 2 is 2.10 bits per heavy atom. The minimum atomic E-state index is -3.66. The Bertz CT molecular complexity index is 625. The van der Waals surface area contributed by atoms with Crippen LogP contribution in [0.25, 0.3) is 0 Å². The van der Waals surface area contributed by atoms with Gasteiger partial charge in [0.15, 0.2) is 0 Å². The summed E-state index contributed by atoms with van der Waals surface area (Å²) in [5.41, 5.74) is 0.221. The molecule has 1 N–H and O–H groups in total. The van der Waals surface area contributed by atoms with Gasteiger partial charge in [0.25, 0.3) is 0 Å². The molecule has 1 saturated heterocycles. The first-order valence-electron chi connectivity index (χ1n) is 6.55. The lowest BCUT2D eigenvalue weighted by molar-refractivity contribution is 0.0600. The first-order chi connectivity index (χ1) is 9.96. The summed E-state index contributed by atoms with van der Waals surface area (Å²) in [6.07, 6.45) is 0.747. The molecule has 6 nitrogen and oxygen atoms in total. The molecule has 0 radical (unpaired) electrons. The Labute approximate surface area is 129 Å². The van der Waals surface area contributed by atoms with Crippen molar-refractivity contribution in [2.24, 2.45) is 0 Å². The molecule has 2 rings (SSSR count). The molecular formula is C13H17ClN2O4S. The quantitative estimate of drug-likeness (QED) is 0.839. The predicted molar refractivity (Wildman–Crippen MR) is 79.0 cm³/mol. The first-order valence-corrected chi connectivity index (χ1v) is 8.37. The van der Waals surface area contributed by atoms with Crippen molar-refractivity contribution in [3.05, 3.63) is 28.8 Å². The van der Waals surface area contributed by atoms with Crippen LogP contribution in [-0.2, 0) is 14.8 Å². The number of rotatable bonds is 3. The van der Waals surface area contributed by atoms with Crippen molar-refractivity contribution < 1.29 is 17.9 Å². The van der Waals surface area contributed by atoms with Crippen molar-refractivity contribution in [2.45, 2.75) is 11.3 Å². The molecule has 1 aliphatic rings. The average Bonchev–Trinajstić information content (AvgIpc) is 2.75. The van der Waals surface area contributed by atoms with Crippen molar-refractivity contribution >= 4 is 27.6 Å². The highest BCUT2D eigenvalue weighted by Gasteiger charge is 2.27. The van der Waals surface area contributed by atoms with E-state index in [4.69, 9.17) is 11.6 Å². The highest BCUT2D eigenvalue weighted by molar-refractivity contribution is 7.89. The zero-order valence-electron chi connectivity index (χ0n) is 11.6. The number of hydrogen-bond acceptors (Lipinski definition) is 5. The van der Waals surface area contributed by atoms with Crippen LogP contribution in [0.4, 0.5) is 0 Å². The van der Waals surface area contributed by atoms with Crippen LogP contribution in [0.2, 0.25) is 5.02 Å². The summed E-state index contributed by atoms with van der Waals surface area (Å²) >= 11 is 6.05. The van der Waals surface area contributed by atoms with Crippen molar-refractivity contribution in [3.63, 3.8) is 0 Å². The Morgan fingerprint density at radius 3 is 2.76 bits per heavy atom. The molecule has 0 aromatic heterocycles. The highest BCUT2D eigenvalue weighted by Crippen LogP contribution is 2.26. The van der Waals surface area contributed by atoms with Gasteiger partial charge in [-0.1, -0.05) is 11.6 Å². The third-order valence-electron chi connectivity index (χ3n) is 3.27. The van der Waals surface area contributed by atoms with Gasteiger partial charge in [-0.3, -0.25) is 0 Å². The molecule has 116 valence electrons. The summed E-state index contributed by atoms with van der Waals surface area (Å²) in [4.78, 5) is 11.4. The number of carbonyl (C=O) groups excluding carboxylic acids is 1. The topological polar surface area (TPSA) is 75.7 Å². The van der Waals surface area contributed by atoms with Gasteiger partial charge in [0.05, 0.1) is 17.7 Å². The Kier molecular flexibility index (Phi) is 5.21. The highest BCUT2D eigenvalue weighted by atomic mass is 35.5. The van der Waals surface area contributed by atoms with Crippen molar-refractivity contribution in [3.8, 4) is 0 Å². The summed E-state index contributed by atoms with van der Waals surface area (Å²) in [6, 6.07) is 4.07. The zero-order valence-corrected chi connectivity index (χ0v) is 13.2. The van der Waals surface area contributed by atoms with E-state index >= 15 is 0 Å². The van der Waals surface area contributed by atoms with E-state index in [1.54, 1.807) is 0 Å². The SMILES string of the molecule is COC(=O)c1ccc(S(=O)(=O)N2CCCNCC2)c(Cl)c1. The van der Waals surface area contributed by atoms with Crippen LogP contribution in [0.5, 0.6) is 0 Å². The van der Waals surface area contributed by atoms with Gasteiger partial charge in [-0.25, -0.2) is 13.2 Å². The normalized spacial score (nSPS) is 17.2. The molecule has 0 spiro atoms. The van der Waals surface area contributed by atoms with E-state index < -0.39 is 16.0 Å². The Morgan fingerprint density at radius 1 is 1.33 bits per heavy atom. The van der Waals surface area contributed by atoms with Crippen LogP contribution in [0, 0.1) is 0 Å². The number of carbonyl (C=O) groups is 1. The van der Waals surface area contributed by atoms with Gasteiger partial charge in [-0.05, 0) is 31.2 Å². The molecule has 0 amide bonds. The molecule has 1 heterocycles. The lowest BCUT2D eigenvalue weighted by atomic mass is 10.2. The van der Waals surface area contributed by atoms with E-state index in [-0.39, 0.29) is 15.5 Å². The van der Waals surface area contributed by atoms with Crippen LogP contribution >= 0.6 is 11.6 Å². The lowest BCUT2D eigenvalue weighted by Crippen LogP contribution is -2.34. The third-order valence-corrected chi connectivity index (χ3v) is 5.65. The van der Waals surface area contributed by atoms with Gasteiger partial charge in [-0.15, -0.1) is 0 Å². The molecule has 1 aromatic rings. The van der Waals surface area contributed by atoms with Gasteiger partial charge in [0.2, 0.25) is 10.0 Å². The van der Waals surface area contributed by atoms with Gasteiger partial charge in [0, 0.05) is 19.6 Å². The number of nitrogens with zero attached hydrogens (tertiary/aromatic N) is 1. The maximum atomic E-state index is 12.6. The zero-order chi connectivity index (χ0) is 15.5. The largest absolute Gasteiger partial charge is 0.465 e. The van der Waals surface area contributed by atoms with E-state index in [2.05, 4.69) is 10.1 Å². The van der Waals surface area contributed by atoms with E-state index in [9.17, 15) is 13.2 Å². The van der Waals surface area contributed by atoms with Crippen LogP contribution in [0.15, 0.2) is 23.1 Å². The molecular weight excluding hydrogens is 316 g/mol. The maximum Gasteiger partial charge on any atom is 0.337 e. The molecule has 0 unspecified atom stereocenters. The van der Waals surface area contributed by atoms with Crippen LogP contribution in [0.3, 0.4) is 0 Å². The molecule has 1 aromatic carbocycles. The van der Waals surface area contributed by atoms with Crippen molar-refractivity contribution in [1.82, 2.24) is 9.62 Å². The molecule has 21 heavy (non-hydrogen) atoms. The van der Waals surface area contributed by atoms with E-state index in [0.717, 1.165) is 13.0 Å². The third kappa shape index (κ3) is 3.55. The summed E-state index contributed by atoms with van der Waals surface area (Å²) in [7, 11) is -2.40. The van der Waals surface area contributed by atoms with Gasteiger partial charge >= 0.3 is 5.97 Å². The van der Waals surface area contributed by atoms with Crippen molar-refractivity contribution in [1.29, 1.82) is 0 Å². The number of halogens is 1. The molecule has 0 saturated carbocycles. The molecule has 1 fully saturated rings. The van der Waals surface area contributed by atoms with Crippen LogP contribution < -0.4 is 5.32 Å². The monoisotopic (exact) mass is 332 g/mol. The van der Waals surface area contributed by atoms with Gasteiger partial charge in [0.1, 0.15) is 4.90 Å². The minimum absolute atomic E-state index is 0.0127. The Balaban J connectivity index is 2.33. The van der Waals surface area contributed by atoms with Crippen LogP contribution in [-0.4, -0.2) is 52.0 Å². The number of esters is 1. The Hall–Kier alpha value is -1.15. The van der Waals surface area contributed by atoms with Crippen molar-refractivity contribution in [2.75, 3.05) is 33.3 Å². The first kappa shape index (κ1) is 16.2. The number of hydrogen-bond donors (Lipinski definition) is 1. The fourth-order valence-corrected chi connectivity index (χ4v) is 4.15. The molecule has 1 aliphatic heterocycles. The molecule has 8 heteroatoms. The second-order valence-electron chi connectivity index (χ2n) is 4.64. The maximum absolute atomic E-state index is 12.6. The smallest absolute Gasteiger partial charge is 0.337 e. The predicted octanol–water partition coefficient (Wildman–Crippen LogP) is 1.11. The molecule has 0 aliphatic carbocycles. The number of benzene rings is 1. The number of nitrogens with one attached hydrogen (secondary N) is 1. The summed E-state index contributed by atoms with van der Waals surface area (Å²) in [6.45, 7) is 2.25. The average molecular weight is 333 g/mol. The second kappa shape index (κ2) is 6.74. The number of ether oxygens (including phenoxy) is 1. The minimum Gasteiger partial charge on any atom is -0.465 e. The fraction of sp³-hybridized carbons (Fsp3) is 0.462. The second-order valence-corrected chi connectivity index (χ2v) is 6.96. The van der Waals surface area contributed by atoms with Crippen LogP contribution in [0.1, 0.15) is 16.8 Å². The standard InChI is InChI=1S/C13H17ClN2O4S/c1-20-13(17)10-3-4-12(11(14)9-10)21(18,19)16-7-2-5-15-6-8-16/h3-4,9,15H,2,5-8H2,1H3. The number of methoxy groups -OCH3 is 1. The van der Waals surface area contributed by atoms with Gasteiger partial charge < -0.3 is 10.1 Å². The van der Waals surface area contributed by atoms with Gasteiger partial charge in [-0.2, -0.15) is 4.31 Å². The lowest BCUT2D eigenvalue weighted by Gasteiger charge is -2.20.